The van der Waals surface area contributed by atoms with Gasteiger partial charge in [0.15, 0.2) is 17.3 Å². The van der Waals surface area contributed by atoms with Crippen LogP contribution >= 0.6 is 33.9 Å². The molecule has 0 aliphatic rings. The van der Waals surface area contributed by atoms with Crippen molar-refractivity contribution >= 4 is 39.7 Å². The largest absolute Gasteiger partial charge is 0.493 e. The number of benzene rings is 1. The zero-order chi connectivity index (χ0) is 14.7. The number of ether oxygens (including phenoxy) is 3. The summed E-state index contributed by atoms with van der Waals surface area (Å²) in [4.78, 5) is 12.5. The maximum Gasteiger partial charge on any atom is 0.204 e. The van der Waals surface area contributed by atoms with Gasteiger partial charge in [0.2, 0.25) is 5.75 Å². The van der Waals surface area contributed by atoms with Gasteiger partial charge in [0, 0.05) is 10.9 Å². The minimum atomic E-state index is -0.0954. The molecule has 4 nitrogen and oxygen atoms in total. The molecule has 2 aromatic rings. The number of halogens is 1. The standard InChI is InChI=1S/C14H13IO4S/c1-17-10-5-4-9(13(18-2)14(10)19-3)12(16)8-6-11(15)20-7-8/h4-7H,1-3H3. The van der Waals surface area contributed by atoms with E-state index in [2.05, 4.69) is 22.6 Å². The van der Waals surface area contributed by atoms with E-state index in [9.17, 15) is 4.79 Å². The first-order valence-corrected chi connectivity index (χ1v) is 7.66. The number of thiophene rings is 1. The third kappa shape index (κ3) is 2.76. The van der Waals surface area contributed by atoms with Gasteiger partial charge in [0.25, 0.3) is 0 Å². The van der Waals surface area contributed by atoms with Gasteiger partial charge in [-0.15, -0.1) is 11.3 Å². The Balaban J connectivity index is 2.54. The molecule has 1 aromatic heterocycles. The molecular formula is C14H13IO4S. The summed E-state index contributed by atoms with van der Waals surface area (Å²) in [7, 11) is 4.56. The maximum atomic E-state index is 12.5. The zero-order valence-electron chi connectivity index (χ0n) is 11.2. The molecule has 0 amide bonds. The van der Waals surface area contributed by atoms with Gasteiger partial charge in [-0.05, 0) is 40.8 Å². The van der Waals surface area contributed by atoms with Crippen molar-refractivity contribution in [1.29, 1.82) is 0 Å². The summed E-state index contributed by atoms with van der Waals surface area (Å²) in [6.07, 6.45) is 0. The van der Waals surface area contributed by atoms with E-state index in [4.69, 9.17) is 14.2 Å². The molecule has 1 heterocycles. The second kappa shape index (κ2) is 6.45. The van der Waals surface area contributed by atoms with Crippen molar-refractivity contribution in [3.05, 3.63) is 37.6 Å². The van der Waals surface area contributed by atoms with Crippen LogP contribution in [0.1, 0.15) is 15.9 Å². The van der Waals surface area contributed by atoms with Crippen LogP contribution in [0.25, 0.3) is 0 Å². The zero-order valence-corrected chi connectivity index (χ0v) is 14.2. The summed E-state index contributed by atoms with van der Waals surface area (Å²) in [6, 6.07) is 5.24. The summed E-state index contributed by atoms with van der Waals surface area (Å²) in [5, 5.41) is 1.83. The van der Waals surface area contributed by atoms with Gasteiger partial charge in [-0.25, -0.2) is 0 Å². The van der Waals surface area contributed by atoms with Crippen LogP contribution in [0.15, 0.2) is 23.6 Å². The van der Waals surface area contributed by atoms with Crippen molar-refractivity contribution in [3.8, 4) is 17.2 Å². The quantitative estimate of drug-likeness (QED) is 0.564. The number of rotatable bonds is 5. The average Bonchev–Trinajstić information content (AvgIpc) is 2.91. The molecule has 20 heavy (non-hydrogen) atoms. The number of hydrogen-bond donors (Lipinski definition) is 0. The minimum Gasteiger partial charge on any atom is -0.493 e. The van der Waals surface area contributed by atoms with Crippen LogP contribution in [-0.4, -0.2) is 27.1 Å². The summed E-state index contributed by atoms with van der Waals surface area (Å²) in [5.41, 5.74) is 1.10. The van der Waals surface area contributed by atoms with Crippen LogP contribution in [0.4, 0.5) is 0 Å². The molecule has 0 N–H and O–H groups in total. The van der Waals surface area contributed by atoms with E-state index in [1.807, 2.05) is 11.4 Å². The number of ketones is 1. The predicted octanol–water partition coefficient (Wildman–Crippen LogP) is 3.61. The lowest BCUT2D eigenvalue weighted by Gasteiger charge is -2.14. The normalized spacial score (nSPS) is 10.2. The highest BCUT2D eigenvalue weighted by Gasteiger charge is 2.22. The summed E-state index contributed by atoms with van der Waals surface area (Å²) >= 11 is 3.71. The Morgan fingerprint density at radius 2 is 1.80 bits per heavy atom. The SMILES string of the molecule is COc1ccc(C(=O)c2csc(I)c2)c(OC)c1OC. The number of carbonyl (C=O) groups is 1. The molecule has 0 saturated heterocycles. The fraction of sp³-hybridized carbons (Fsp3) is 0.214. The van der Waals surface area contributed by atoms with Gasteiger partial charge in [-0.2, -0.15) is 0 Å². The van der Waals surface area contributed by atoms with Crippen LogP contribution < -0.4 is 14.2 Å². The molecule has 0 spiro atoms. The van der Waals surface area contributed by atoms with Crippen LogP contribution in [0.2, 0.25) is 0 Å². The van der Waals surface area contributed by atoms with Crippen LogP contribution in [0.3, 0.4) is 0 Å². The van der Waals surface area contributed by atoms with Crippen LogP contribution in [0.5, 0.6) is 17.2 Å². The first-order chi connectivity index (χ1) is 9.62. The first-order valence-electron chi connectivity index (χ1n) is 5.70. The van der Waals surface area contributed by atoms with Gasteiger partial charge < -0.3 is 14.2 Å². The smallest absolute Gasteiger partial charge is 0.204 e. The first kappa shape index (κ1) is 15.1. The van der Waals surface area contributed by atoms with E-state index in [-0.39, 0.29) is 5.78 Å². The molecule has 0 atom stereocenters. The van der Waals surface area contributed by atoms with Crippen molar-refractivity contribution in [2.45, 2.75) is 0 Å². The minimum absolute atomic E-state index is 0.0954. The van der Waals surface area contributed by atoms with Gasteiger partial charge in [0.05, 0.1) is 29.8 Å². The second-order valence-electron chi connectivity index (χ2n) is 3.85. The summed E-state index contributed by atoms with van der Waals surface area (Å²) in [6.45, 7) is 0. The maximum absolute atomic E-state index is 12.5. The van der Waals surface area contributed by atoms with E-state index < -0.39 is 0 Å². The van der Waals surface area contributed by atoms with E-state index >= 15 is 0 Å². The van der Waals surface area contributed by atoms with Crippen molar-refractivity contribution in [2.24, 2.45) is 0 Å². The Hall–Kier alpha value is -1.28. The molecule has 0 saturated carbocycles. The highest BCUT2D eigenvalue weighted by molar-refractivity contribution is 14.1. The molecule has 2 rings (SSSR count). The summed E-state index contributed by atoms with van der Waals surface area (Å²) < 4.78 is 16.9. The Morgan fingerprint density at radius 1 is 1.10 bits per heavy atom. The molecule has 0 bridgehead atoms. The summed E-state index contributed by atoms with van der Waals surface area (Å²) in [5.74, 6) is 1.24. The van der Waals surface area contributed by atoms with E-state index in [1.54, 1.807) is 19.2 Å². The lowest BCUT2D eigenvalue weighted by Crippen LogP contribution is -2.05. The average molecular weight is 404 g/mol. The van der Waals surface area contributed by atoms with Crippen molar-refractivity contribution in [2.75, 3.05) is 21.3 Å². The highest BCUT2D eigenvalue weighted by Crippen LogP contribution is 2.40. The van der Waals surface area contributed by atoms with E-state index in [0.717, 1.165) is 2.88 Å². The topological polar surface area (TPSA) is 44.8 Å². The molecule has 0 aliphatic heterocycles. The predicted molar refractivity (Wildman–Crippen MR) is 86.6 cm³/mol. The highest BCUT2D eigenvalue weighted by atomic mass is 127. The van der Waals surface area contributed by atoms with Crippen molar-refractivity contribution < 1.29 is 19.0 Å². The molecule has 0 aliphatic carbocycles. The number of carbonyl (C=O) groups excluding carboxylic acids is 1. The molecule has 0 radical (unpaired) electrons. The second-order valence-corrected chi connectivity index (χ2v) is 6.66. The Labute approximate surface area is 134 Å². The van der Waals surface area contributed by atoms with Gasteiger partial charge >= 0.3 is 0 Å². The Bertz CT molecular complexity index is 636. The van der Waals surface area contributed by atoms with Gasteiger partial charge in [-0.1, -0.05) is 0 Å². The lowest BCUT2D eigenvalue weighted by atomic mass is 10.0. The molecule has 0 unspecified atom stereocenters. The van der Waals surface area contributed by atoms with Crippen molar-refractivity contribution in [3.63, 3.8) is 0 Å². The van der Waals surface area contributed by atoms with Gasteiger partial charge in [0.1, 0.15) is 0 Å². The third-order valence-electron chi connectivity index (χ3n) is 2.78. The molecule has 6 heteroatoms. The van der Waals surface area contributed by atoms with Crippen molar-refractivity contribution in [1.82, 2.24) is 0 Å². The molecule has 106 valence electrons. The van der Waals surface area contributed by atoms with Crippen LogP contribution in [0, 0.1) is 2.88 Å². The Morgan fingerprint density at radius 3 is 2.30 bits per heavy atom. The number of methoxy groups -OCH3 is 3. The Kier molecular flexibility index (Phi) is 4.87. The van der Waals surface area contributed by atoms with Gasteiger partial charge in [-0.3, -0.25) is 4.79 Å². The number of hydrogen-bond acceptors (Lipinski definition) is 5. The molecule has 0 fully saturated rings. The molecular weight excluding hydrogens is 391 g/mol. The lowest BCUT2D eigenvalue weighted by molar-refractivity contribution is 0.103. The fourth-order valence-electron chi connectivity index (χ4n) is 1.86. The van der Waals surface area contributed by atoms with E-state index in [0.29, 0.717) is 28.4 Å². The molecule has 1 aromatic carbocycles. The fourth-order valence-corrected chi connectivity index (χ4v) is 3.19. The monoisotopic (exact) mass is 404 g/mol. The third-order valence-corrected chi connectivity index (χ3v) is 4.57. The van der Waals surface area contributed by atoms with Crippen LogP contribution in [-0.2, 0) is 0 Å². The van der Waals surface area contributed by atoms with E-state index in [1.165, 1.54) is 25.6 Å².